The van der Waals surface area contributed by atoms with Gasteiger partial charge in [-0.25, -0.2) is 5.48 Å². The van der Waals surface area contributed by atoms with Crippen molar-refractivity contribution in [2.45, 2.75) is 5.92 Å². The zero-order chi connectivity index (χ0) is 10.7. The molecule has 0 radical (unpaired) electrons. The number of carbonyl (C=O) groups is 1. The molecule has 0 unspecified atom stereocenters. The van der Waals surface area contributed by atoms with Crippen molar-refractivity contribution in [1.29, 1.82) is 0 Å². The van der Waals surface area contributed by atoms with E-state index in [0.717, 1.165) is 9.75 Å². The second-order valence-corrected chi connectivity index (χ2v) is 4.90. The van der Waals surface area contributed by atoms with Crippen LogP contribution in [0.3, 0.4) is 0 Å². The summed E-state index contributed by atoms with van der Waals surface area (Å²) in [6, 6.07) is 7.57. The largest absolute Gasteiger partial charge is 0.289 e. The van der Waals surface area contributed by atoms with Gasteiger partial charge in [0.15, 0.2) is 0 Å². The maximum Gasteiger partial charge on any atom is 0.257 e. The number of hydrogen-bond donors (Lipinski definition) is 2. The average Bonchev–Trinajstić information content (AvgIpc) is 2.90. The van der Waals surface area contributed by atoms with E-state index in [1.165, 1.54) is 22.7 Å². The zero-order valence-electron chi connectivity index (χ0n) is 7.71. The molecule has 2 aromatic heterocycles. The van der Waals surface area contributed by atoms with Crippen molar-refractivity contribution in [1.82, 2.24) is 5.48 Å². The molecule has 2 aromatic rings. The number of hydroxylamine groups is 1. The minimum atomic E-state index is -0.394. The van der Waals surface area contributed by atoms with Gasteiger partial charge >= 0.3 is 0 Å². The van der Waals surface area contributed by atoms with E-state index in [0.29, 0.717) is 0 Å². The molecule has 3 nitrogen and oxygen atoms in total. The molecule has 0 bridgehead atoms. The van der Waals surface area contributed by atoms with E-state index in [-0.39, 0.29) is 5.91 Å². The third-order valence-electron chi connectivity index (χ3n) is 2.03. The Balaban J connectivity index is 2.37. The molecule has 2 heterocycles. The molecule has 15 heavy (non-hydrogen) atoms. The fourth-order valence-electron chi connectivity index (χ4n) is 1.37. The SMILES string of the molecule is O=C(NO)C(c1cccs1)c1cccs1. The van der Waals surface area contributed by atoms with Gasteiger partial charge in [0.25, 0.3) is 5.91 Å². The Kier molecular flexibility index (Phi) is 3.15. The van der Waals surface area contributed by atoms with Crippen LogP contribution in [0.1, 0.15) is 15.7 Å². The van der Waals surface area contributed by atoms with Crippen LogP contribution in [0.15, 0.2) is 35.0 Å². The lowest BCUT2D eigenvalue weighted by molar-refractivity contribution is -0.129. The predicted molar refractivity (Wildman–Crippen MR) is 60.4 cm³/mol. The minimum Gasteiger partial charge on any atom is -0.289 e. The van der Waals surface area contributed by atoms with Gasteiger partial charge in [-0.15, -0.1) is 22.7 Å². The van der Waals surface area contributed by atoms with Crippen molar-refractivity contribution < 1.29 is 10.0 Å². The molecule has 0 fully saturated rings. The van der Waals surface area contributed by atoms with E-state index in [2.05, 4.69) is 0 Å². The summed E-state index contributed by atoms with van der Waals surface area (Å²) in [7, 11) is 0. The normalized spacial score (nSPS) is 10.5. The van der Waals surface area contributed by atoms with E-state index in [9.17, 15) is 4.79 Å². The molecule has 2 rings (SSSR count). The number of rotatable bonds is 3. The predicted octanol–water partition coefficient (Wildman–Crippen LogP) is 2.45. The molecule has 0 aliphatic carbocycles. The molecule has 0 atom stereocenters. The third kappa shape index (κ3) is 2.09. The van der Waals surface area contributed by atoms with Gasteiger partial charge in [-0.2, -0.15) is 0 Å². The molecule has 0 saturated heterocycles. The monoisotopic (exact) mass is 239 g/mol. The summed E-state index contributed by atoms with van der Waals surface area (Å²) in [6.45, 7) is 0. The van der Waals surface area contributed by atoms with E-state index < -0.39 is 5.92 Å². The Morgan fingerprint density at radius 3 is 2.07 bits per heavy atom. The molecule has 1 amide bonds. The number of hydrogen-bond acceptors (Lipinski definition) is 4. The number of nitrogens with one attached hydrogen (secondary N) is 1. The molecule has 78 valence electrons. The first kappa shape index (κ1) is 10.4. The van der Waals surface area contributed by atoms with Crippen molar-refractivity contribution >= 4 is 28.6 Å². The van der Waals surface area contributed by atoms with Crippen LogP contribution in [0.5, 0.6) is 0 Å². The molecule has 5 heteroatoms. The first-order valence-corrected chi connectivity index (χ1v) is 6.09. The van der Waals surface area contributed by atoms with Gasteiger partial charge in [0.05, 0.1) is 0 Å². The Morgan fingerprint density at radius 2 is 1.73 bits per heavy atom. The topological polar surface area (TPSA) is 49.3 Å². The molecule has 0 aromatic carbocycles. The third-order valence-corrected chi connectivity index (χ3v) is 3.90. The van der Waals surface area contributed by atoms with E-state index in [1.54, 1.807) is 5.48 Å². The van der Waals surface area contributed by atoms with Crippen LogP contribution in [0.4, 0.5) is 0 Å². The van der Waals surface area contributed by atoms with E-state index in [4.69, 9.17) is 5.21 Å². The zero-order valence-corrected chi connectivity index (χ0v) is 9.35. The average molecular weight is 239 g/mol. The van der Waals surface area contributed by atoms with Gasteiger partial charge in [-0.05, 0) is 22.9 Å². The maximum atomic E-state index is 11.6. The summed E-state index contributed by atoms with van der Waals surface area (Å²) < 4.78 is 0. The van der Waals surface area contributed by atoms with Crippen molar-refractivity contribution in [2.75, 3.05) is 0 Å². The van der Waals surface area contributed by atoms with Crippen molar-refractivity contribution in [3.05, 3.63) is 44.8 Å². The molecular weight excluding hydrogens is 230 g/mol. The first-order valence-electron chi connectivity index (χ1n) is 4.33. The Bertz CT molecular complexity index is 388. The van der Waals surface area contributed by atoms with Crippen molar-refractivity contribution in [3.8, 4) is 0 Å². The number of thiophene rings is 2. The second kappa shape index (κ2) is 4.57. The van der Waals surface area contributed by atoms with Crippen LogP contribution < -0.4 is 5.48 Å². The summed E-state index contributed by atoms with van der Waals surface area (Å²) in [5.74, 6) is -0.783. The standard InChI is InChI=1S/C10H9NO2S2/c12-10(11-13)9(7-3-1-5-14-7)8-4-2-6-15-8/h1-6,9,13H,(H,11,12). The summed E-state index contributed by atoms with van der Waals surface area (Å²) in [6.07, 6.45) is 0. The number of amides is 1. The van der Waals surface area contributed by atoms with Crippen LogP contribution in [0.25, 0.3) is 0 Å². The minimum absolute atomic E-state index is 0.389. The maximum absolute atomic E-state index is 11.6. The Labute approximate surface area is 95.0 Å². The highest BCUT2D eigenvalue weighted by Gasteiger charge is 2.23. The van der Waals surface area contributed by atoms with Gasteiger partial charge < -0.3 is 0 Å². The lowest BCUT2D eigenvalue weighted by atomic mass is 10.1. The fourth-order valence-corrected chi connectivity index (χ4v) is 3.13. The quantitative estimate of drug-likeness (QED) is 0.638. The molecule has 2 N–H and O–H groups in total. The van der Waals surface area contributed by atoms with Crippen LogP contribution in [-0.4, -0.2) is 11.1 Å². The Hall–Kier alpha value is -1.17. The molecule has 0 spiro atoms. The second-order valence-electron chi connectivity index (χ2n) is 2.94. The summed E-state index contributed by atoms with van der Waals surface area (Å²) >= 11 is 3.02. The van der Waals surface area contributed by atoms with Crippen molar-refractivity contribution in [3.63, 3.8) is 0 Å². The van der Waals surface area contributed by atoms with Gasteiger partial charge in [-0.1, -0.05) is 12.1 Å². The van der Waals surface area contributed by atoms with E-state index in [1.807, 2.05) is 35.0 Å². The highest BCUT2D eigenvalue weighted by molar-refractivity contribution is 7.11. The van der Waals surface area contributed by atoms with Crippen LogP contribution >= 0.6 is 22.7 Å². The van der Waals surface area contributed by atoms with Gasteiger partial charge in [0.2, 0.25) is 0 Å². The summed E-state index contributed by atoms with van der Waals surface area (Å²) in [4.78, 5) is 13.4. The van der Waals surface area contributed by atoms with Gasteiger partial charge in [-0.3, -0.25) is 10.0 Å². The molecular formula is C10H9NO2S2. The van der Waals surface area contributed by atoms with Gasteiger partial charge in [0, 0.05) is 9.75 Å². The van der Waals surface area contributed by atoms with Crippen molar-refractivity contribution in [2.24, 2.45) is 0 Å². The van der Waals surface area contributed by atoms with Crippen LogP contribution in [0, 0.1) is 0 Å². The first-order chi connectivity index (χ1) is 7.33. The Morgan fingerprint density at radius 1 is 1.20 bits per heavy atom. The lowest BCUT2D eigenvalue weighted by Crippen LogP contribution is -2.25. The number of carbonyl (C=O) groups excluding carboxylic acids is 1. The van der Waals surface area contributed by atoms with Crippen LogP contribution in [-0.2, 0) is 4.79 Å². The summed E-state index contributed by atoms with van der Waals surface area (Å²) in [5, 5.41) is 12.5. The molecule has 0 aliphatic rings. The highest BCUT2D eigenvalue weighted by Crippen LogP contribution is 2.31. The fraction of sp³-hybridized carbons (Fsp3) is 0.100. The van der Waals surface area contributed by atoms with E-state index >= 15 is 0 Å². The molecule has 0 saturated carbocycles. The lowest BCUT2D eigenvalue weighted by Gasteiger charge is -2.10. The molecule has 0 aliphatic heterocycles. The van der Waals surface area contributed by atoms with Crippen LogP contribution in [0.2, 0.25) is 0 Å². The smallest absolute Gasteiger partial charge is 0.257 e. The highest BCUT2D eigenvalue weighted by atomic mass is 32.1. The van der Waals surface area contributed by atoms with Gasteiger partial charge in [0.1, 0.15) is 5.92 Å². The summed E-state index contributed by atoms with van der Waals surface area (Å²) in [5.41, 5.74) is 1.72.